The van der Waals surface area contributed by atoms with Gasteiger partial charge in [-0.3, -0.25) is 4.90 Å². The van der Waals surface area contributed by atoms with E-state index in [0.717, 1.165) is 18.7 Å². The maximum Gasteiger partial charge on any atom is 0.124 e. The van der Waals surface area contributed by atoms with Gasteiger partial charge in [-0.1, -0.05) is 13.0 Å². The number of benzene rings is 1. The number of aromatic hydroxyl groups is 1. The minimum Gasteiger partial charge on any atom is -0.507 e. The Morgan fingerprint density at radius 2 is 2.32 bits per heavy atom. The Labute approximate surface area is 115 Å². The van der Waals surface area contributed by atoms with Gasteiger partial charge in [-0.25, -0.2) is 0 Å². The third kappa shape index (κ3) is 3.19. The van der Waals surface area contributed by atoms with E-state index in [1.165, 1.54) is 12.8 Å². The highest BCUT2D eigenvalue weighted by atomic mass is 16.5. The van der Waals surface area contributed by atoms with Gasteiger partial charge in [0.25, 0.3) is 0 Å². The summed E-state index contributed by atoms with van der Waals surface area (Å²) in [5, 5.41) is 10.2. The molecule has 19 heavy (non-hydrogen) atoms. The summed E-state index contributed by atoms with van der Waals surface area (Å²) in [6.45, 7) is 4.89. The maximum atomic E-state index is 10.2. The smallest absolute Gasteiger partial charge is 0.124 e. The molecule has 1 aromatic carbocycles. The van der Waals surface area contributed by atoms with E-state index in [2.05, 4.69) is 11.8 Å². The van der Waals surface area contributed by atoms with Gasteiger partial charge in [0.05, 0.1) is 13.2 Å². The van der Waals surface area contributed by atoms with Crippen LogP contribution in [0.4, 0.5) is 0 Å². The van der Waals surface area contributed by atoms with Crippen LogP contribution in [-0.2, 0) is 0 Å². The minimum absolute atomic E-state index is 0.0913. The van der Waals surface area contributed by atoms with Crippen LogP contribution in [0.2, 0.25) is 0 Å². The van der Waals surface area contributed by atoms with Crippen LogP contribution < -0.4 is 10.5 Å². The second-order valence-electron chi connectivity index (χ2n) is 5.42. The first kappa shape index (κ1) is 14.2. The van der Waals surface area contributed by atoms with E-state index in [-0.39, 0.29) is 11.8 Å². The van der Waals surface area contributed by atoms with Crippen molar-refractivity contribution in [2.24, 2.45) is 11.7 Å². The normalized spacial score (nSPS) is 22.2. The van der Waals surface area contributed by atoms with E-state index in [9.17, 15) is 5.11 Å². The minimum atomic E-state index is 0.0913. The SMILES string of the molecule is COc1ccc(C(CN)N2CCCC(C)C2)c(O)c1. The van der Waals surface area contributed by atoms with Gasteiger partial charge in [-0.2, -0.15) is 0 Å². The number of piperidine rings is 1. The van der Waals surface area contributed by atoms with E-state index in [4.69, 9.17) is 10.5 Å². The zero-order valence-corrected chi connectivity index (χ0v) is 11.8. The summed E-state index contributed by atoms with van der Waals surface area (Å²) < 4.78 is 5.12. The van der Waals surface area contributed by atoms with Crippen molar-refractivity contribution < 1.29 is 9.84 Å². The average Bonchev–Trinajstić information content (AvgIpc) is 2.41. The zero-order chi connectivity index (χ0) is 13.8. The topological polar surface area (TPSA) is 58.7 Å². The first-order valence-electron chi connectivity index (χ1n) is 6.96. The van der Waals surface area contributed by atoms with Crippen molar-refractivity contribution in [1.82, 2.24) is 4.90 Å². The highest BCUT2D eigenvalue weighted by molar-refractivity contribution is 5.41. The molecule has 1 fully saturated rings. The Balaban J connectivity index is 2.21. The van der Waals surface area contributed by atoms with Crippen molar-refractivity contribution in [1.29, 1.82) is 0 Å². The molecule has 106 valence electrons. The van der Waals surface area contributed by atoms with Crippen LogP contribution in [0.1, 0.15) is 31.4 Å². The van der Waals surface area contributed by atoms with Gasteiger partial charge >= 0.3 is 0 Å². The number of likely N-dealkylation sites (tertiary alicyclic amines) is 1. The summed E-state index contributed by atoms with van der Waals surface area (Å²) in [7, 11) is 1.60. The van der Waals surface area contributed by atoms with Gasteiger partial charge in [0.15, 0.2) is 0 Å². The molecule has 3 N–H and O–H groups in total. The van der Waals surface area contributed by atoms with Gasteiger partial charge in [0.2, 0.25) is 0 Å². The predicted octanol–water partition coefficient (Wildman–Crippen LogP) is 2.13. The average molecular weight is 264 g/mol. The summed E-state index contributed by atoms with van der Waals surface area (Å²) >= 11 is 0. The lowest BCUT2D eigenvalue weighted by atomic mass is 9.95. The third-order valence-electron chi connectivity index (χ3n) is 3.95. The van der Waals surface area contributed by atoms with E-state index >= 15 is 0 Å². The van der Waals surface area contributed by atoms with Crippen LogP contribution in [0, 0.1) is 5.92 Å². The molecule has 4 nitrogen and oxygen atoms in total. The molecule has 1 aromatic rings. The highest BCUT2D eigenvalue weighted by Gasteiger charge is 2.26. The van der Waals surface area contributed by atoms with Gasteiger partial charge in [0.1, 0.15) is 11.5 Å². The molecule has 1 aliphatic rings. The van der Waals surface area contributed by atoms with Crippen LogP contribution in [0.5, 0.6) is 11.5 Å². The molecule has 2 unspecified atom stereocenters. The summed E-state index contributed by atoms with van der Waals surface area (Å²) in [5.41, 5.74) is 6.84. The number of hydrogen-bond acceptors (Lipinski definition) is 4. The standard InChI is InChI=1S/C15H24N2O2/c1-11-4-3-7-17(10-11)14(9-16)13-6-5-12(19-2)8-15(13)18/h5-6,8,11,14,18H,3-4,7,9-10,16H2,1-2H3. The molecule has 1 saturated heterocycles. The number of nitrogens with zero attached hydrogens (tertiary/aromatic N) is 1. The Hall–Kier alpha value is -1.26. The molecule has 2 rings (SSSR count). The van der Waals surface area contributed by atoms with E-state index < -0.39 is 0 Å². The quantitative estimate of drug-likeness (QED) is 0.874. The Kier molecular flexibility index (Phi) is 4.66. The summed E-state index contributed by atoms with van der Waals surface area (Å²) in [5.74, 6) is 1.64. The molecule has 0 aliphatic carbocycles. The first-order valence-corrected chi connectivity index (χ1v) is 6.96. The molecule has 0 bridgehead atoms. The van der Waals surface area contributed by atoms with Gasteiger partial charge < -0.3 is 15.6 Å². The van der Waals surface area contributed by atoms with Crippen molar-refractivity contribution >= 4 is 0 Å². The van der Waals surface area contributed by atoms with Crippen LogP contribution in [0.3, 0.4) is 0 Å². The van der Waals surface area contributed by atoms with Gasteiger partial charge in [-0.15, -0.1) is 0 Å². The fraction of sp³-hybridized carbons (Fsp3) is 0.600. The second-order valence-corrected chi connectivity index (χ2v) is 5.42. The van der Waals surface area contributed by atoms with Crippen molar-refractivity contribution in [3.8, 4) is 11.5 Å². The van der Waals surface area contributed by atoms with Crippen LogP contribution in [0.25, 0.3) is 0 Å². The molecular weight excluding hydrogens is 240 g/mol. The molecule has 0 saturated carbocycles. The fourth-order valence-electron chi connectivity index (χ4n) is 2.91. The Morgan fingerprint density at radius 1 is 1.53 bits per heavy atom. The largest absolute Gasteiger partial charge is 0.507 e. The number of phenols is 1. The number of phenolic OH excluding ortho intramolecular Hbond substituents is 1. The lowest BCUT2D eigenvalue weighted by molar-refractivity contribution is 0.131. The summed E-state index contributed by atoms with van der Waals surface area (Å²) in [6, 6.07) is 5.55. The zero-order valence-electron chi connectivity index (χ0n) is 11.8. The molecule has 0 spiro atoms. The number of hydrogen-bond donors (Lipinski definition) is 2. The number of nitrogens with two attached hydrogens (primary N) is 1. The van der Waals surface area contributed by atoms with Crippen molar-refractivity contribution in [3.05, 3.63) is 23.8 Å². The molecule has 0 radical (unpaired) electrons. The van der Waals surface area contributed by atoms with Gasteiger partial charge in [0, 0.05) is 24.7 Å². The van der Waals surface area contributed by atoms with Crippen LogP contribution in [-0.4, -0.2) is 36.8 Å². The highest BCUT2D eigenvalue weighted by Crippen LogP contribution is 2.33. The van der Waals surface area contributed by atoms with E-state index in [1.807, 2.05) is 12.1 Å². The summed E-state index contributed by atoms with van der Waals surface area (Å²) in [4.78, 5) is 2.38. The maximum absolute atomic E-state index is 10.2. The predicted molar refractivity (Wildman–Crippen MR) is 76.4 cm³/mol. The Morgan fingerprint density at radius 3 is 2.89 bits per heavy atom. The number of ether oxygens (including phenoxy) is 1. The van der Waals surface area contributed by atoms with Crippen molar-refractivity contribution in [2.45, 2.75) is 25.8 Å². The molecule has 0 amide bonds. The Bertz CT molecular complexity index is 423. The lowest BCUT2D eigenvalue weighted by Gasteiger charge is -2.37. The molecule has 1 aliphatic heterocycles. The summed E-state index contributed by atoms with van der Waals surface area (Å²) in [6.07, 6.45) is 2.48. The molecular formula is C15H24N2O2. The first-order chi connectivity index (χ1) is 9.15. The lowest BCUT2D eigenvalue weighted by Crippen LogP contribution is -2.40. The fourth-order valence-corrected chi connectivity index (χ4v) is 2.91. The van der Waals surface area contributed by atoms with Crippen LogP contribution >= 0.6 is 0 Å². The van der Waals surface area contributed by atoms with Crippen LogP contribution in [0.15, 0.2) is 18.2 Å². The number of rotatable bonds is 4. The van der Waals surface area contributed by atoms with Crippen molar-refractivity contribution in [2.75, 3.05) is 26.7 Å². The van der Waals surface area contributed by atoms with Crippen molar-refractivity contribution in [3.63, 3.8) is 0 Å². The van der Waals surface area contributed by atoms with E-state index in [1.54, 1.807) is 13.2 Å². The van der Waals surface area contributed by atoms with E-state index in [0.29, 0.717) is 18.2 Å². The monoisotopic (exact) mass is 264 g/mol. The molecule has 2 atom stereocenters. The molecule has 4 heteroatoms. The molecule has 1 heterocycles. The third-order valence-corrected chi connectivity index (χ3v) is 3.95. The van der Waals surface area contributed by atoms with Gasteiger partial charge in [-0.05, 0) is 31.4 Å². The number of methoxy groups -OCH3 is 1. The molecule has 0 aromatic heterocycles. The second kappa shape index (κ2) is 6.26.